The fourth-order valence-electron chi connectivity index (χ4n) is 1.61. The molecule has 2 aromatic carbocycles. The molecule has 2 rings (SSSR count). The summed E-state index contributed by atoms with van der Waals surface area (Å²) in [6.07, 6.45) is -1.59. The van der Waals surface area contributed by atoms with Gasteiger partial charge in [0.15, 0.2) is 0 Å². The van der Waals surface area contributed by atoms with Crippen molar-refractivity contribution < 1.29 is 18.3 Å². The molecule has 0 bridgehead atoms. The molecule has 0 amide bonds. The third-order valence-electron chi connectivity index (χ3n) is 2.53. The molecule has 0 saturated carbocycles. The highest BCUT2D eigenvalue weighted by molar-refractivity contribution is 6.30. The van der Waals surface area contributed by atoms with Gasteiger partial charge in [0.2, 0.25) is 0 Å². The summed E-state index contributed by atoms with van der Waals surface area (Å²) >= 11 is 5.40. The molecule has 0 aliphatic heterocycles. The lowest BCUT2D eigenvalue weighted by atomic mass is 10.0. The molecule has 94 valence electrons. The molecule has 0 heterocycles. The maximum Gasteiger partial charge on any atom is 0.142 e. The summed E-state index contributed by atoms with van der Waals surface area (Å²) in [6, 6.07) is 6.86. The van der Waals surface area contributed by atoms with Crippen LogP contribution in [0.2, 0.25) is 5.02 Å². The molecule has 0 spiro atoms. The van der Waals surface area contributed by atoms with Crippen LogP contribution in [0.4, 0.5) is 13.2 Å². The number of aliphatic hydroxyl groups excluding tert-OH is 1. The van der Waals surface area contributed by atoms with Gasteiger partial charge in [0.05, 0.1) is 5.02 Å². The first-order valence-electron chi connectivity index (χ1n) is 5.07. The van der Waals surface area contributed by atoms with Crippen molar-refractivity contribution in [1.29, 1.82) is 0 Å². The highest BCUT2D eigenvalue weighted by Crippen LogP contribution is 2.29. The molecule has 2 aromatic rings. The van der Waals surface area contributed by atoms with Crippen molar-refractivity contribution in [2.75, 3.05) is 0 Å². The molecule has 1 N–H and O–H groups in total. The van der Waals surface area contributed by atoms with Crippen LogP contribution < -0.4 is 0 Å². The lowest BCUT2D eigenvalue weighted by Gasteiger charge is -2.13. The van der Waals surface area contributed by atoms with E-state index in [2.05, 4.69) is 0 Å². The Balaban J connectivity index is 2.50. The summed E-state index contributed by atoms with van der Waals surface area (Å²) in [7, 11) is 0. The second-order valence-corrected chi connectivity index (χ2v) is 4.12. The first-order chi connectivity index (χ1) is 8.50. The van der Waals surface area contributed by atoms with Crippen molar-refractivity contribution in [2.45, 2.75) is 6.10 Å². The average molecular weight is 273 g/mol. The Labute approximate surface area is 106 Å². The zero-order chi connectivity index (χ0) is 13.3. The highest BCUT2D eigenvalue weighted by Gasteiger charge is 2.20. The SMILES string of the molecule is OC(c1ccccc1F)c1cc(F)c(Cl)cc1F. The molecular formula is C13H8ClF3O. The minimum atomic E-state index is -1.59. The minimum Gasteiger partial charge on any atom is -0.383 e. The van der Waals surface area contributed by atoms with E-state index in [1.54, 1.807) is 0 Å². The Morgan fingerprint density at radius 1 is 0.889 bits per heavy atom. The topological polar surface area (TPSA) is 20.2 Å². The fraction of sp³-hybridized carbons (Fsp3) is 0.0769. The van der Waals surface area contributed by atoms with Gasteiger partial charge in [-0.05, 0) is 18.2 Å². The number of aliphatic hydroxyl groups is 1. The Morgan fingerprint density at radius 3 is 2.22 bits per heavy atom. The van der Waals surface area contributed by atoms with Gasteiger partial charge >= 0.3 is 0 Å². The number of hydrogen-bond acceptors (Lipinski definition) is 1. The standard InChI is InChI=1S/C13H8ClF3O/c14-9-6-11(16)8(5-12(9)17)13(18)7-3-1-2-4-10(7)15/h1-6,13,18H. The molecule has 0 aliphatic rings. The van der Waals surface area contributed by atoms with Gasteiger partial charge in [0, 0.05) is 11.1 Å². The molecule has 0 radical (unpaired) electrons. The number of halogens is 4. The first-order valence-corrected chi connectivity index (χ1v) is 5.45. The van der Waals surface area contributed by atoms with Crippen molar-refractivity contribution in [3.63, 3.8) is 0 Å². The van der Waals surface area contributed by atoms with E-state index in [-0.39, 0.29) is 11.1 Å². The largest absolute Gasteiger partial charge is 0.383 e. The van der Waals surface area contributed by atoms with Crippen LogP contribution in [0.15, 0.2) is 36.4 Å². The minimum absolute atomic E-state index is 0.127. The number of rotatable bonds is 2. The van der Waals surface area contributed by atoms with E-state index in [0.717, 1.165) is 18.2 Å². The molecule has 0 aliphatic carbocycles. The van der Waals surface area contributed by atoms with Crippen LogP contribution in [-0.4, -0.2) is 5.11 Å². The molecule has 0 fully saturated rings. The van der Waals surface area contributed by atoms with E-state index in [4.69, 9.17) is 11.6 Å². The lowest BCUT2D eigenvalue weighted by Crippen LogP contribution is -2.05. The monoisotopic (exact) mass is 272 g/mol. The van der Waals surface area contributed by atoms with Crippen molar-refractivity contribution >= 4 is 11.6 Å². The van der Waals surface area contributed by atoms with Crippen LogP contribution in [0.5, 0.6) is 0 Å². The van der Waals surface area contributed by atoms with E-state index in [1.807, 2.05) is 0 Å². The third-order valence-corrected chi connectivity index (χ3v) is 2.82. The zero-order valence-electron chi connectivity index (χ0n) is 9.00. The smallest absolute Gasteiger partial charge is 0.142 e. The molecule has 5 heteroatoms. The summed E-state index contributed by atoms with van der Waals surface area (Å²) in [4.78, 5) is 0. The maximum atomic E-state index is 13.6. The van der Waals surface area contributed by atoms with Crippen LogP contribution in [-0.2, 0) is 0 Å². The van der Waals surface area contributed by atoms with E-state index in [9.17, 15) is 18.3 Å². The summed E-state index contributed by atoms with van der Waals surface area (Å²) in [6.45, 7) is 0. The van der Waals surface area contributed by atoms with Crippen LogP contribution in [0.3, 0.4) is 0 Å². The summed E-state index contributed by atoms with van der Waals surface area (Å²) in [5.41, 5.74) is -0.486. The zero-order valence-corrected chi connectivity index (χ0v) is 9.76. The van der Waals surface area contributed by atoms with Gasteiger partial charge in [-0.2, -0.15) is 0 Å². The second-order valence-electron chi connectivity index (χ2n) is 3.71. The van der Waals surface area contributed by atoms with E-state index < -0.39 is 28.6 Å². The molecule has 0 saturated heterocycles. The van der Waals surface area contributed by atoms with Crippen molar-refractivity contribution in [3.8, 4) is 0 Å². The maximum absolute atomic E-state index is 13.6. The number of hydrogen-bond donors (Lipinski definition) is 1. The van der Waals surface area contributed by atoms with Gasteiger partial charge in [0.1, 0.15) is 23.6 Å². The van der Waals surface area contributed by atoms with Gasteiger partial charge in [-0.1, -0.05) is 29.8 Å². The van der Waals surface area contributed by atoms with Crippen LogP contribution in [0, 0.1) is 17.5 Å². The molecule has 18 heavy (non-hydrogen) atoms. The average Bonchev–Trinajstić information content (AvgIpc) is 2.33. The van der Waals surface area contributed by atoms with Gasteiger partial charge < -0.3 is 5.11 Å². The summed E-state index contributed by atoms with van der Waals surface area (Å²) in [5.74, 6) is -2.46. The molecule has 1 unspecified atom stereocenters. The van der Waals surface area contributed by atoms with E-state index in [0.29, 0.717) is 0 Å². The molecule has 1 atom stereocenters. The van der Waals surface area contributed by atoms with Crippen LogP contribution in [0.25, 0.3) is 0 Å². The summed E-state index contributed by atoms with van der Waals surface area (Å²) in [5, 5.41) is 9.49. The van der Waals surface area contributed by atoms with E-state index >= 15 is 0 Å². The quantitative estimate of drug-likeness (QED) is 0.824. The Bertz CT molecular complexity index is 586. The van der Waals surface area contributed by atoms with Gasteiger partial charge in [-0.3, -0.25) is 0 Å². The normalized spacial score (nSPS) is 12.5. The Kier molecular flexibility index (Phi) is 3.59. The fourth-order valence-corrected chi connectivity index (χ4v) is 1.76. The number of benzene rings is 2. The van der Waals surface area contributed by atoms with Gasteiger partial charge in [-0.15, -0.1) is 0 Å². The molecule has 1 nitrogen and oxygen atoms in total. The molecular weight excluding hydrogens is 265 g/mol. The van der Waals surface area contributed by atoms with Crippen LogP contribution >= 0.6 is 11.6 Å². The summed E-state index contributed by atoms with van der Waals surface area (Å²) < 4.78 is 40.2. The van der Waals surface area contributed by atoms with Crippen molar-refractivity contribution in [2.24, 2.45) is 0 Å². The third kappa shape index (κ3) is 2.35. The molecule has 0 aromatic heterocycles. The van der Waals surface area contributed by atoms with Gasteiger partial charge in [0.25, 0.3) is 0 Å². The van der Waals surface area contributed by atoms with Crippen LogP contribution in [0.1, 0.15) is 17.2 Å². The highest BCUT2D eigenvalue weighted by atomic mass is 35.5. The van der Waals surface area contributed by atoms with Gasteiger partial charge in [-0.25, -0.2) is 13.2 Å². The Hall–Kier alpha value is -1.52. The first kappa shape index (κ1) is 12.9. The second kappa shape index (κ2) is 5.00. The van der Waals surface area contributed by atoms with Crippen molar-refractivity contribution in [1.82, 2.24) is 0 Å². The lowest BCUT2D eigenvalue weighted by molar-refractivity contribution is 0.209. The predicted octanol–water partition coefficient (Wildman–Crippen LogP) is 3.84. The Morgan fingerprint density at radius 2 is 1.56 bits per heavy atom. The van der Waals surface area contributed by atoms with Crippen molar-refractivity contribution in [3.05, 3.63) is 70.0 Å². The predicted molar refractivity (Wildman–Crippen MR) is 61.8 cm³/mol. The van der Waals surface area contributed by atoms with E-state index in [1.165, 1.54) is 18.2 Å².